The number of amides is 1. The molecular formula is C28H32N2O3. The Bertz CT molecular complexity index is 1070. The van der Waals surface area contributed by atoms with E-state index in [1.165, 1.54) is 5.56 Å². The number of aryl methyl sites for hydroxylation is 1. The zero-order chi connectivity index (χ0) is 23.2. The number of primary amides is 1. The Balaban J connectivity index is 1.44. The van der Waals surface area contributed by atoms with Crippen LogP contribution in [0.3, 0.4) is 0 Å². The first kappa shape index (κ1) is 23.0. The van der Waals surface area contributed by atoms with Crippen LogP contribution < -0.4 is 15.8 Å². The standard InChI is InChI=1S/C28H32N2O3/c1-19(12-13-20-8-4-2-5-9-20)30-24-16-14-22-23(27(24)31)15-17-25(26(22)28(29)32)33-18-21-10-6-3-7-11-21/h2-11,15,17,19,24,27,30-31H,12-14,16,18H2,1H3,(H2,29,32)/t19?,24-,27-/m0/s1. The van der Waals surface area contributed by atoms with E-state index in [0.717, 1.165) is 36.0 Å². The van der Waals surface area contributed by atoms with Crippen molar-refractivity contribution >= 4 is 5.91 Å². The fraction of sp³-hybridized carbons (Fsp3) is 0.321. The van der Waals surface area contributed by atoms with Crippen LogP contribution in [0.25, 0.3) is 0 Å². The molecule has 1 unspecified atom stereocenters. The first-order chi connectivity index (χ1) is 16.0. The van der Waals surface area contributed by atoms with E-state index in [0.29, 0.717) is 24.3 Å². The topological polar surface area (TPSA) is 84.6 Å². The van der Waals surface area contributed by atoms with Gasteiger partial charge >= 0.3 is 0 Å². The van der Waals surface area contributed by atoms with Gasteiger partial charge in [0.1, 0.15) is 12.4 Å². The lowest BCUT2D eigenvalue weighted by Crippen LogP contribution is -2.43. The van der Waals surface area contributed by atoms with E-state index in [4.69, 9.17) is 10.5 Å². The molecule has 1 aliphatic carbocycles. The summed E-state index contributed by atoms with van der Waals surface area (Å²) in [5, 5.41) is 14.7. The van der Waals surface area contributed by atoms with Crippen LogP contribution in [-0.4, -0.2) is 23.1 Å². The normalized spacial score (nSPS) is 18.4. The number of aliphatic hydroxyl groups is 1. The second-order valence-electron chi connectivity index (χ2n) is 8.83. The third-order valence-electron chi connectivity index (χ3n) is 6.41. The molecule has 4 N–H and O–H groups in total. The molecule has 0 saturated carbocycles. The molecule has 1 aliphatic rings. The lowest BCUT2D eigenvalue weighted by atomic mass is 9.82. The summed E-state index contributed by atoms with van der Waals surface area (Å²) in [5.41, 5.74) is 10.0. The van der Waals surface area contributed by atoms with Crippen molar-refractivity contribution in [2.24, 2.45) is 5.73 Å². The summed E-state index contributed by atoms with van der Waals surface area (Å²) in [7, 11) is 0. The highest BCUT2D eigenvalue weighted by Gasteiger charge is 2.32. The number of hydrogen-bond donors (Lipinski definition) is 3. The molecule has 0 radical (unpaired) electrons. The highest BCUT2D eigenvalue weighted by Crippen LogP contribution is 2.36. The van der Waals surface area contributed by atoms with Gasteiger partial charge in [-0.15, -0.1) is 0 Å². The molecule has 33 heavy (non-hydrogen) atoms. The fourth-order valence-electron chi connectivity index (χ4n) is 4.64. The molecule has 3 aromatic rings. The second kappa shape index (κ2) is 10.6. The Morgan fingerprint density at radius 1 is 1.06 bits per heavy atom. The van der Waals surface area contributed by atoms with Crippen LogP contribution in [0.15, 0.2) is 72.8 Å². The number of rotatable bonds is 9. The van der Waals surface area contributed by atoms with E-state index in [1.807, 2.05) is 42.5 Å². The Hall–Kier alpha value is -3.15. The number of nitrogens with one attached hydrogen (secondary N) is 1. The summed E-state index contributed by atoms with van der Waals surface area (Å²) in [6.45, 7) is 2.51. The van der Waals surface area contributed by atoms with Gasteiger partial charge in [-0.25, -0.2) is 0 Å². The predicted molar refractivity (Wildman–Crippen MR) is 130 cm³/mol. The minimum Gasteiger partial charge on any atom is -0.488 e. The van der Waals surface area contributed by atoms with Crippen molar-refractivity contribution in [1.82, 2.24) is 5.32 Å². The van der Waals surface area contributed by atoms with E-state index >= 15 is 0 Å². The minimum atomic E-state index is -0.700. The molecular weight excluding hydrogens is 412 g/mol. The number of hydrogen-bond acceptors (Lipinski definition) is 4. The summed E-state index contributed by atoms with van der Waals surface area (Å²) >= 11 is 0. The fourth-order valence-corrected chi connectivity index (χ4v) is 4.64. The Morgan fingerprint density at radius 2 is 1.73 bits per heavy atom. The molecule has 4 rings (SSSR count). The van der Waals surface area contributed by atoms with Gasteiger partial charge in [-0.05, 0) is 60.9 Å². The summed E-state index contributed by atoms with van der Waals surface area (Å²) < 4.78 is 5.95. The van der Waals surface area contributed by atoms with Crippen molar-refractivity contribution in [2.45, 2.75) is 57.4 Å². The van der Waals surface area contributed by atoms with Gasteiger partial charge in [-0.2, -0.15) is 0 Å². The van der Waals surface area contributed by atoms with Crippen molar-refractivity contribution in [1.29, 1.82) is 0 Å². The first-order valence-corrected chi connectivity index (χ1v) is 11.6. The van der Waals surface area contributed by atoms with Gasteiger partial charge in [0.05, 0.1) is 11.7 Å². The zero-order valence-corrected chi connectivity index (χ0v) is 19.0. The highest BCUT2D eigenvalue weighted by atomic mass is 16.5. The van der Waals surface area contributed by atoms with Crippen LogP contribution in [0.1, 0.15) is 58.5 Å². The molecule has 5 heteroatoms. The van der Waals surface area contributed by atoms with Gasteiger partial charge < -0.3 is 20.9 Å². The molecule has 0 aromatic heterocycles. The SMILES string of the molecule is CC(CCc1ccccc1)N[C@H]1CCc2c(ccc(OCc3ccccc3)c2C(N)=O)[C@@H]1O. The molecule has 0 saturated heterocycles. The molecule has 3 atom stereocenters. The van der Waals surface area contributed by atoms with Crippen LogP contribution in [0.2, 0.25) is 0 Å². The van der Waals surface area contributed by atoms with Crippen molar-refractivity contribution in [2.75, 3.05) is 0 Å². The number of fused-ring (bicyclic) bond motifs is 1. The molecule has 0 spiro atoms. The van der Waals surface area contributed by atoms with Gasteiger partial charge in [-0.1, -0.05) is 66.7 Å². The largest absolute Gasteiger partial charge is 0.488 e. The number of nitrogens with two attached hydrogens (primary N) is 1. The molecule has 1 amide bonds. The summed E-state index contributed by atoms with van der Waals surface area (Å²) in [6, 6.07) is 24.0. The molecule has 0 aliphatic heterocycles. The third-order valence-corrected chi connectivity index (χ3v) is 6.41. The summed E-state index contributed by atoms with van der Waals surface area (Å²) in [4.78, 5) is 12.3. The zero-order valence-electron chi connectivity index (χ0n) is 19.0. The second-order valence-corrected chi connectivity index (χ2v) is 8.83. The number of ether oxygens (including phenoxy) is 1. The summed E-state index contributed by atoms with van der Waals surface area (Å²) in [5.74, 6) is -0.0512. The van der Waals surface area contributed by atoms with Crippen LogP contribution in [0.4, 0.5) is 0 Å². The van der Waals surface area contributed by atoms with Crippen molar-refractivity contribution in [3.05, 3.63) is 101 Å². The van der Waals surface area contributed by atoms with E-state index in [-0.39, 0.29) is 12.1 Å². The van der Waals surface area contributed by atoms with Gasteiger partial charge in [0.25, 0.3) is 5.91 Å². The first-order valence-electron chi connectivity index (χ1n) is 11.6. The van der Waals surface area contributed by atoms with E-state index in [1.54, 1.807) is 6.07 Å². The maximum absolute atomic E-state index is 12.3. The average Bonchev–Trinajstić information content (AvgIpc) is 2.84. The maximum Gasteiger partial charge on any atom is 0.252 e. The number of aliphatic hydroxyl groups excluding tert-OH is 1. The van der Waals surface area contributed by atoms with E-state index in [2.05, 4.69) is 36.5 Å². The van der Waals surface area contributed by atoms with Crippen molar-refractivity contribution in [3.8, 4) is 5.75 Å². The number of carbonyl (C=O) groups is 1. The number of carbonyl (C=O) groups excluding carboxylic acids is 1. The van der Waals surface area contributed by atoms with Crippen LogP contribution >= 0.6 is 0 Å². The molecule has 5 nitrogen and oxygen atoms in total. The third kappa shape index (κ3) is 5.62. The Labute approximate surface area is 195 Å². The van der Waals surface area contributed by atoms with Crippen LogP contribution in [0.5, 0.6) is 5.75 Å². The molecule has 0 heterocycles. The maximum atomic E-state index is 12.3. The van der Waals surface area contributed by atoms with Gasteiger partial charge in [0.2, 0.25) is 0 Å². The minimum absolute atomic E-state index is 0.0694. The van der Waals surface area contributed by atoms with Gasteiger partial charge in [0.15, 0.2) is 0 Å². The summed E-state index contributed by atoms with van der Waals surface area (Å²) in [6.07, 6.45) is 2.67. The van der Waals surface area contributed by atoms with Crippen molar-refractivity contribution in [3.63, 3.8) is 0 Å². The Morgan fingerprint density at radius 3 is 2.39 bits per heavy atom. The van der Waals surface area contributed by atoms with Crippen LogP contribution in [-0.2, 0) is 19.4 Å². The van der Waals surface area contributed by atoms with E-state index in [9.17, 15) is 9.90 Å². The van der Waals surface area contributed by atoms with Crippen LogP contribution in [0, 0.1) is 0 Å². The smallest absolute Gasteiger partial charge is 0.252 e. The lowest BCUT2D eigenvalue weighted by molar-refractivity contribution is 0.0982. The molecule has 172 valence electrons. The Kier molecular flexibility index (Phi) is 7.43. The average molecular weight is 445 g/mol. The van der Waals surface area contributed by atoms with Gasteiger partial charge in [0, 0.05) is 12.1 Å². The lowest BCUT2D eigenvalue weighted by Gasteiger charge is -2.34. The quantitative estimate of drug-likeness (QED) is 0.459. The molecule has 0 fully saturated rings. The monoisotopic (exact) mass is 444 g/mol. The molecule has 3 aromatic carbocycles. The predicted octanol–water partition coefficient (Wildman–Crippen LogP) is 4.32. The highest BCUT2D eigenvalue weighted by molar-refractivity contribution is 5.97. The van der Waals surface area contributed by atoms with E-state index < -0.39 is 12.0 Å². The van der Waals surface area contributed by atoms with Gasteiger partial charge in [-0.3, -0.25) is 4.79 Å². The molecule has 0 bridgehead atoms. The number of benzene rings is 3. The van der Waals surface area contributed by atoms with Crippen molar-refractivity contribution < 1.29 is 14.6 Å².